The van der Waals surface area contributed by atoms with Crippen LogP contribution in [0.25, 0.3) is 0 Å². The number of nitrogens with zero attached hydrogens (tertiary/aromatic N) is 2. The van der Waals surface area contributed by atoms with Gasteiger partial charge in [0.15, 0.2) is 0 Å². The van der Waals surface area contributed by atoms with Crippen molar-refractivity contribution in [1.82, 2.24) is 4.90 Å². The average molecular weight is 319 g/mol. The van der Waals surface area contributed by atoms with Gasteiger partial charge in [0.1, 0.15) is 5.82 Å². The van der Waals surface area contributed by atoms with Crippen LogP contribution in [0.1, 0.15) is 25.3 Å². The largest absolute Gasteiger partial charge is 0.349 e. The Labute approximate surface area is 133 Å². The zero-order chi connectivity index (χ0) is 17.1. The second-order valence-corrected chi connectivity index (χ2v) is 5.54. The molecule has 1 aromatic rings. The molecule has 1 atom stereocenters. The van der Waals surface area contributed by atoms with Crippen molar-refractivity contribution in [3.63, 3.8) is 0 Å². The minimum absolute atomic E-state index is 0.0702. The lowest BCUT2D eigenvalue weighted by Crippen LogP contribution is -2.43. The van der Waals surface area contributed by atoms with Crippen molar-refractivity contribution in [3.8, 4) is 0 Å². The first-order valence-electron chi connectivity index (χ1n) is 7.22. The summed E-state index contributed by atoms with van der Waals surface area (Å²) < 4.78 is 13.4. The Hall–Kier alpha value is -2.57. The SMILES string of the molecule is CC1=NC(=O)N(C)C(=O)C1CCC(=O)Nc1ccc(C)c(F)c1. The van der Waals surface area contributed by atoms with Gasteiger partial charge in [-0.2, -0.15) is 0 Å². The van der Waals surface area contributed by atoms with Gasteiger partial charge in [0.25, 0.3) is 0 Å². The minimum Gasteiger partial charge on any atom is -0.326 e. The summed E-state index contributed by atoms with van der Waals surface area (Å²) in [6.45, 7) is 3.23. The highest BCUT2D eigenvalue weighted by molar-refractivity contribution is 6.15. The van der Waals surface area contributed by atoms with Gasteiger partial charge >= 0.3 is 6.03 Å². The summed E-state index contributed by atoms with van der Waals surface area (Å²) in [5.41, 5.74) is 1.27. The molecule has 1 unspecified atom stereocenters. The van der Waals surface area contributed by atoms with Crippen molar-refractivity contribution in [2.45, 2.75) is 26.7 Å². The van der Waals surface area contributed by atoms with Crippen molar-refractivity contribution in [3.05, 3.63) is 29.6 Å². The van der Waals surface area contributed by atoms with E-state index in [0.717, 1.165) is 4.90 Å². The molecule has 23 heavy (non-hydrogen) atoms. The number of rotatable bonds is 4. The van der Waals surface area contributed by atoms with Crippen LogP contribution in [0.2, 0.25) is 0 Å². The number of nitrogens with one attached hydrogen (secondary N) is 1. The Kier molecular flexibility index (Phi) is 4.88. The molecule has 1 aromatic carbocycles. The van der Waals surface area contributed by atoms with Crippen molar-refractivity contribution < 1.29 is 18.8 Å². The van der Waals surface area contributed by atoms with E-state index < -0.39 is 17.8 Å². The molecule has 0 aromatic heterocycles. The molecule has 7 heteroatoms. The molecule has 0 saturated heterocycles. The van der Waals surface area contributed by atoms with E-state index in [9.17, 15) is 18.8 Å². The molecule has 2 rings (SSSR count). The molecule has 122 valence electrons. The van der Waals surface area contributed by atoms with Gasteiger partial charge in [-0.25, -0.2) is 14.2 Å². The normalized spacial score (nSPS) is 18.0. The summed E-state index contributed by atoms with van der Waals surface area (Å²) in [5, 5.41) is 2.59. The van der Waals surface area contributed by atoms with Crippen LogP contribution in [-0.4, -0.2) is 35.5 Å². The molecule has 1 heterocycles. The number of aliphatic imine (C=N–C) groups is 1. The van der Waals surface area contributed by atoms with E-state index in [-0.39, 0.29) is 24.7 Å². The van der Waals surface area contributed by atoms with Crippen molar-refractivity contribution in [1.29, 1.82) is 0 Å². The monoisotopic (exact) mass is 319 g/mol. The van der Waals surface area contributed by atoms with E-state index in [1.165, 1.54) is 13.1 Å². The molecule has 4 amide bonds. The number of urea groups is 1. The van der Waals surface area contributed by atoms with Crippen LogP contribution in [0.5, 0.6) is 0 Å². The summed E-state index contributed by atoms with van der Waals surface area (Å²) in [7, 11) is 1.36. The number of hydrogen-bond donors (Lipinski definition) is 1. The number of hydrogen-bond acceptors (Lipinski definition) is 3. The van der Waals surface area contributed by atoms with Crippen molar-refractivity contribution >= 4 is 29.2 Å². The average Bonchev–Trinajstić information content (AvgIpc) is 2.48. The highest BCUT2D eigenvalue weighted by atomic mass is 19.1. The fourth-order valence-electron chi connectivity index (χ4n) is 2.31. The number of benzene rings is 1. The molecule has 0 spiro atoms. The Morgan fingerprint density at radius 2 is 2.04 bits per heavy atom. The van der Waals surface area contributed by atoms with Gasteiger partial charge < -0.3 is 5.32 Å². The summed E-state index contributed by atoms with van der Waals surface area (Å²) in [6, 6.07) is 3.84. The van der Waals surface area contributed by atoms with E-state index >= 15 is 0 Å². The lowest BCUT2D eigenvalue weighted by molar-refractivity contribution is -0.129. The standard InChI is InChI=1S/C16H18FN3O3/c1-9-4-5-11(8-13(9)17)19-14(21)7-6-12-10(2)18-16(23)20(3)15(12)22/h4-5,8,12H,6-7H2,1-3H3,(H,19,21). The molecule has 0 aliphatic carbocycles. The zero-order valence-corrected chi connectivity index (χ0v) is 13.2. The highest BCUT2D eigenvalue weighted by Crippen LogP contribution is 2.19. The molecule has 1 N–H and O–H groups in total. The number of aryl methyl sites for hydroxylation is 1. The third-order valence-electron chi connectivity index (χ3n) is 3.81. The first-order chi connectivity index (χ1) is 10.8. The second-order valence-electron chi connectivity index (χ2n) is 5.54. The van der Waals surface area contributed by atoms with E-state index in [0.29, 0.717) is 17.0 Å². The van der Waals surface area contributed by atoms with Crippen LogP contribution in [0.4, 0.5) is 14.9 Å². The van der Waals surface area contributed by atoms with Gasteiger partial charge in [-0.3, -0.25) is 14.5 Å². The molecule has 0 radical (unpaired) electrons. The molecule has 6 nitrogen and oxygen atoms in total. The van der Waals surface area contributed by atoms with E-state index in [1.54, 1.807) is 26.0 Å². The van der Waals surface area contributed by atoms with Crippen molar-refractivity contribution in [2.24, 2.45) is 10.9 Å². The van der Waals surface area contributed by atoms with E-state index in [1.807, 2.05) is 0 Å². The number of imide groups is 1. The topological polar surface area (TPSA) is 78.8 Å². The number of amides is 4. The minimum atomic E-state index is -0.594. The predicted octanol–water partition coefficient (Wildman–Crippen LogP) is 2.52. The Bertz CT molecular complexity index is 700. The maximum absolute atomic E-state index is 13.4. The van der Waals surface area contributed by atoms with Crippen LogP contribution in [0, 0.1) is 18.7 Å². The predicted molar refractivity (Wildman–Crippen MR) is 83.8 cm³/mol. The number of carbonyl (C=O) groups is 3. The summed E-state index contributed by atoms with van der Waals surface area (Å²) in [6.07, 6.45) is 0.312. The van der Waals surface area contributed by atoms with Gasteiger partial charge in [-0.1, -0.05) is 6.07 Å². The number of halogens is 1. The highest BCUT2D eigenvalue weighted by Gasteiger charge is 2.33. The van der Waals surface area contributed by atoms with Gasteiger partial charge in [0.05, 0.1) is 5.92 Å². The van der Waals surface area contributed by atoms with Gasteiger partial charge in [-0.05, 0) is 38.0 Å². The lowest BCUT2D eigenvalue weighted by Gasteiger charge is -2.25. The first-order valence-corrected chi connectivity index (χ1v) is 7.22. The van der Waals surface area contributed by atoms with Crippen LogP contribution in [0.3, 0.4) is 0 Å². The summed E-state index contributed by atoms with van der Waals surface area (Å²) in [4.78, 5) is 40.1. The molecule has 0 fully saturated rings. The van der Waals surface area contributed by atoms with Crippen LogP contribution in [-0.2, 0) is 9.59 Å². The quantitative estimate of drug-likeness (QED) is 0.926. The smallest absolute Gasteiger partial charge is 0.326 e. The molecule has 1 aliphatic rings. The molecule has 0 saturated carbocycles. The van der Waals surface area contributed by atoms with E-state index in [4.69, 9.17) is 0 Å². The fourth-order valence-corrected chi connectivity index (χ4v) is 2.31. The lowest BCUT2D eigenvalue weighted by atomic mass is 9.95. The van der Waals surface area contributed by atoms with Gasteiger partial charge in [0.2, 0.25) is 11.8 Å². The summed E-state index contributed by atoms with van der Waals surface area (Å²) in [5.74, 6) is -1.67. The Morgan fingerprint density at radius 3 is 2.70 bits per heavy atom. The molecule has 0 bridgehead atoms. The fraction of sp³-hybridized carbons (Fsp3) is 0.375. The number of anilines is 1. The van der Waals surface area contributed by atoms with Crippen LogP contribution >= 0.6 is 0 Å². The van der Waals surface area contributed by atoms with Gasteiger partial charge in [0, 0.05) is 24.9 Å². The van der Waals surface area contributed by atoms with E-state index in [2.05, 4.69) is 10.3 Å². The first kappa shape index (κ1) is 16.8. The number of carbonyl (C=O) groups excluding carboxylic acids is 3. The molecular weight excluding hydrogens is 301 g/mol. The van der Waals surface area contributed by atoms with Gasteiger partial charge in [-0.15, -0.1) is 0 Å². The third kappa shape index (κ3) is 3.80. The maximum atomic E-state index is 13.4. The molecular formula is C16H18FN3O3. The maximum Gasteiger partial charge on any atom is 0.349 e. The van der Waals surface area contributed by atoms with Crippen LogP contribution < -0.4 is 5.32 Å². The zero-order valence-electron chi connectivity index (χ0n) is 13.2. The van der Waals surface area contributed by atoms with Crippen molar-refractivity contribution in [2.75, 3.05) is 12.4 Å². The second kappa shape index (κ2) is 6.68. The Morgan fingerprint density at radius 1 is 1.35 bits per heavy atom. The Balaban J connectivity index is 1.96. The van der Waals surface area contributed by atoms with Crippen LogP contribution in [0.15, 0.2) is 23.2 Å². The third-order valence-corrected chi connectivity index (χ3v) is 3.81. The molecule has 1 aliphatic heterocycles. The summed E-state index contributed by atoms with van der Waals surface area (Å²) >= 11 is 0.